The Hall–Kier alpha value is -0.370. The number of hydrogen-bond donors (Lipinski definition) is 2. The highest BCUT2D eigenvalue weighted by Gasteiger charge is 2.24. The zero-order valence-electron chi connectivity index (χ0n) is 11.1. The van der Waals surface area contributed by atoms with Gasteiger partial charge in [-0.05, 0) is 19.1 Å². The molecular formula is C12H21N3O2S2. The summed E-state index contributed by atoms with van der Waals surface area (Å²) in [6.07, 6.45) is 8.31. The van der Waals surface area contributed by atoms with Crippen LogP contribution in [-0.2, 0) is 0 Å². The molecule has 1 aromatic rings. The third-order valence-corrected chi connectivity index (χ3v) is 5.02. The number of ether oxygens (including phenoxy) is 1. The van der Waals surface area contributed by atoms with E-state index in [0.29, 0.717) is 23.7 Å². The maximum Gasteiger partial charge on any atom is 0.245 e. The molecule has 1 aromatic heterocycles. The maximum absolute atomic E-state index is 9.90. The zero-order valence-corrected chi connectivity index (χ0v) is 12.8. The summed E-state index contributed by atoms with van der Waals surface area (Å²) in [5.41, 5.74) is 0. The van der Waals surface area contributed by atoms with Crippen LogP contribution in [0.2, 0.25) is 0 Å². The molecule has 1 heterocycles. The van der Waals surface area contributed by atoms with Gasteiger partial charge >= 0.3 is 0 Å². The minimum Gasteiger partial charge on any atom is -0.473 e. The number of hydrogen-bond acceptors (Lipinski definition) is 7. The van der Waals surface area contributed by atoms with Crippen LogP contribution in [0.4, 0.5) is 0 Å². The Morgan fingerprint density at radius 2 is 2.42 bits per heavy atom. The second kappa shape index (κ2) is 8.04. The van der Waals surface area contributed by atoms with E-state index in [0.717, 1.165) is 11.7 Å². The highest BCUT2D eigenvalue weighted by Crippen LogP contribution is 2.27. The number of nitrogens with one attached hydrogen (secondary N) is 1. The lowest BCUT2D eigenvalue weighted by Crippen LogP contribution is -2.44. The molecule has 1 fully saturated rings. The van der Waals surface area contributed by atoms with Gasteiger partial charge in [-0.15, -0.1) is 4.37 Å². The summed E-state index contributed by atoms with van der Waals surface area (Å²) < 4.78 is 13.1. The minimum absolute atomic E-state index is 0.259. The van der Waals surface area contributed by atoms with Gasteiger partial charge in [0.1, 0.15) is 18.9 Å². The molecule has 3 atom stereocenters. The molecule has 0 radical (unpaired) electrons. The molecule has 0 aromatic carbocycles. The van der Waals surface area contributed by atoms with Crippen molar-refractivity contribution in [1.82, 2.24) is 14.1 Å². The molecule has 1 aliphatic rings. The van der Waals surface area contributed by atoms with Crippen molar-refractivity contribution in [3.8, 4) is 5.88 Å². The second-order valence-corrected chi connectivity index (χ2v) is 6.42. The van der Waals surface area contributed by atoms with Crippen LogP contribution in [0.25, 0.3) is 0 Å². The first-order chi connectivity index (χ1) is 9.29. The maximum atomic E-state index is 9.90. The van der Waals surface area contributed by atoms with E-state index in [2.05, 4.69) is 20.3 Å². The van der Waals surface area contributed by atoms with Crippen LogP contribution >= 0.6 is 23.5 Å². The normalized spacial score (nSPS) is 25.2. The van der Waals surface area contributed by atoms with Crippen molar-refractivity contribution in [2.45, 2.75) is 43.1 Å². The Kier molecular flexibility index (Phi) is 6.36. The van der Waals surface area contributed by atoms with Crippen molar-refractivity contribution in [3.05, 3.63) is 6.20 Å². The third-order valence-electron chi connectivity index (χ3n) is 3.39. The van der Waals surface area contributed by atoms with E-state index in [1.54, 1.807) is 6.20 Å². The van der Waals surface area contributed by atoms with Gasteiger partial charge in [0, 0.05) is 17.8 Å². The Labute approximate surface area is 122 Å². The summed E-state index contributed by atoms with van der Waals surface area (Å²) in [7, 11) is 0. The predicted octanol–water partition coefficient (Wildman–Crippen LogP) is 1.54. The summed E-state index contributed by atoms with van der Waals surface area (Å²) in [4.78, 5) is 0. The van der Waals surface area contributed by atoms with Gasteiger partial charge in [0.2, 0.25) is 5.88 Å². The largest absolute Gasteiger partial charge is 0.473 e. The average Bonchev–Trinajstić information content (AvgIpc) is 2.96. The number of aromatic nitrogens is 2. The van der Waals surface area contributed by atoms with E-state index < -0.39 is 6.10 Å². The summed E-state index contributed by atoms with van der Waals surface area (Å²) >= 11 is 3.03. The van der Waals surface area contributed by atoms with E-state index in [4.69, 9.17) is 4.74 Å². The lowest BCUT2D eigenvalue weighted by Gasteiger charge is -2.31. The van der Waals surface area contributed by atoms with Crippen molar-refractivity contribution < 1.29 is 9.84 Å². The highest BCUT2D eigenvalue weighted by atomic mass is 32.2. The highest BCUT2D eigenvalue weighted by molar-refractivity contribution is 7.99. The summed E-state index contributed by atoms with van der Waals surface area (Å²) in [6.45, 7) is 0.828. The molecule has 0 spiro atoms. The molecule has 1 saturated carbocycles. The fraction of sp³-hybridized carbons (Fsp3) is 0.833. The molecular weight excluding hydrogens is 282 g/mol. The lowest BCUT2D eigenvalue weighted by atomic mass is 9.95. The molecule has 5 nitrogen and oxygen atoms in total. The molecule has 2 N–H and O–H groups in total. The van der Waals surface area contributed by atoms with Gasteiger partial charge in [-0.1, -0.05) is 12.8 Å². The van der Waals surface area contributed by atoms with E-state index in [9.17, 15) is 5.11 Å². The standard InChI is InChI=1S/C12H21N3O2S2/c1-18-11-5-3-2-4-10(11)13-6-9(16)8-17-12-7-14-19-15-12/h7,9-11,13,16H,2-6,8H2,1H3. The van der Waals surface area contributed by atoms with Gasteiger partial charge in [0.05, 0.1) is 11.7 Å². The molecule has 2 rings (SSSR count). The number of aliphatic hydroxyl groups is 1. The molecule has 3 unspecified atom stereocenters. The van der Waals surface area contributed by atoms with Crippen LogP contribution < -0.4 is 10.1 Å². The average molecular weight is 303 g/mol. The minimum atomic E-state index is -0.508. The molecule has 108 valence electrons. The van der Waals surface area contributed by atoms with Gasteiger partial charge in [-0.2, -0.15) is 16.1 Å². The van der Waals surface area contributed by atoms with Gasteiger partial charge in [-0.3, -0.25) is 0 Å². The van der Waals surface area contributed by atoms with Gasteiger partial charge in [0.25, 0.3) is 0 Å². The molecule has 19 heavy (non-hydrogen) atoms. The third kappa shape index (κ3) is 4.91. The summed E-state index contributed by atoms with van der Waals surface area (Å²) in [5, 5.41) is 14.0. The van der Waals surface area contributed by atoms with Crippen molar-refractivity contribution in [2.24, 2.45) is 0 Å². The van der Waals surface area contributed by atoms with E-state index >= 15 is 0 Å². The lowest BCUT2D eigenvalue weighted by molar-refractivity contribution is 0.100. The van der Waals surface area contributed by atoms with Crippen molar-refractivity contribution in [3.63, 3.8) is 0 Å². The van der Waals surface area contributed by atoms with Crippen molar-refractivity contribution >= 4 is 23.5 Å². The van der Waals surface area contributed by atoms with Crippen LogP contribution in [0.15, 0.2) is 6.20 Å². The number of thioether (sulfide) groups is 1. The SMILES string of the molecule is CSC1CCCCC1NCC(O)COc1cnsn1. The van der Waals surface area contributed by atoms with E-state index in [1.165, 1.54) is 25.7 Å². The zero-order chi connectivity index (χ0) is 13.5. The van der Waals surface area contributed by atoms with Gasteiger partial charge in [0.15, 0.2) is 0 Å². The topological polar surface area (TPSA) is 67.3 Å². The Morgan fingerprint density at radius 3 is 3.16 bits per heavy atom. The number of aliphatic hydroxyl groups excluding tert-OH is 1. The van der Waals surface area contributed by atoms with E-state index in [1.807, 2.05) is 11.8 Å². The molecule has 7 heteroatoms. The first kappa shape index (κ1) is 15.0. The van der Waals surface area contributed by atoms with Gasteiger partial charge < -0.3 is 15.2 Å². The van der Waals surface area contributed by atoms with E-state index in [-0.39, 0.29) is 6.61 Å². The summed E-state index contributed by atoms with van der Waals surface area (Å²) in [6, 6.07) is 0.513. The first-order valence-corrected chi connectivity index (χ1v) is 8.66. The molecule has 0 aliphatic heterocycles. The van der Waals surface area contributed by atoms with Crippen LogP contribution in [0.5, 0.6) is 5.88 Å². The summed E-state index contributed by atoms with van der Waals surface area (Å²) in [5.74, 6) is 0.490. The van der Waals surface area contributed by atoms with Crippen molar-refractivity contribution in [1.29, 1.82) is 0 Å². The fourth-order valence-corrected chi connectivity index (χ4v) is 3.69. The quantitative estimate of drug-likeness (QED) is 0.796. The Morgan fingerprint density at radius 1 is 1.58 bits per heavy atom. The Bertz CT molecular complexity index is 351. The molecule has 0 amide bonds. The van der Waals surface area contributed by atoms with Crippen LogP contribution in [0.1, 0.15) is 25.7 Å². The molecule has 0 bridgehead atoms. The fourth-order valence-electron chi connectivity index (χ4n) is 2.36. The van der Waals surface area contributed by atoms with Gasteiger partial charge in [-0.25, -0.2) is 0 Å². The second-order valence-electron chi connectivity index (χ2n) is 4.78. The van der Waals surface area contributed by atoms with Crippen LogP contribution in [-0.4, -0.2) is 50.7 Å². The smallest absolute Gasteiger partial charge is 0.245 e. The monoisotopic (exact) mass is 303 g/mol. The van der Waals surface area contributed by atoms with Crippen molar-refractivity contribution in [2.75, 3.05) is 19.4 Å². The predicted molar refractivity (Wildman–Crippen MR) is 79.0 cm³/mol. The molecule has 1 aliphatic carbocycles. The van der Waals surface area contributed by atoms with Crippen LogP contribution in [0.3, 0.4) is 0 Å². The van der Waals surface area contributed by atoms with Crippen LogP contribution in [0, 0.1) is 0 Å². The molecule has 0 saturated heterocycles. The Balaban J connectivity index is 1.66. The number of nitrogens with zero attached hydrogens (tertiary/aromatic N) is 2. The number of rotatable bonds is 7. The first-order valence-electron chi connectivity index (χ1n) is 6.64.